The zero-order valence-electron chi connectivity index (χ0n) is 8.28. The number of rotatable bonds is 4. The van der Waals surface area contributed by atoms with Crippen molar-refractivity contribution in [3.63, 3.8) is 0 Å². The standard InChI is InChI=1S/C7H15N3O3S/c1-8-14(12,13)5-7(11)10(2)6-3-9-4-6/h6,8-9H,3-5H2,1-2H3. The van der Waals surface area contributed by atoms with Gasteiger partial charge in [0.1, 0.15) is 5.75 Å². The van der Waals surface area contributed by atoms with Gasteiger partial charge in [-0.1, -0.05) is 0 Å². The fraction of sp³-hybridized carbons (Fsp3) is 0.857. The SMILES string of the molecule is CNS(=O)(=O)CC(=O)N(C)C1CNC1. The number of amides is 1. The minimum absolute atomic E-state index is 0.134. The molecule has 0 spiro atoms. The Hall–Kier alpha value is -0.660. The second kappa shape index (κ2) is 4.24. The quantitative estimate of drug-likeness (QED) is 0.573. The van der Waals surface area contributed by atoms with Crippen LogP contribution in [0.4, 0.5) is 0 Å². The molecule has 14 heavy (non-hydrogen) atoms. The van der Waals surface area contributed by atoms with E-state index in [2.05, 4.69) is 10.0 Å². The Labute approximate surface area is 83.7 Å². The van der Waals surface area contributed by atoms with Crippen LogP contribution in [0.3, 0.4) is 0 Å². The van der Waals surface area contributed by atoms with E-state index in [1.54, 1.807) is 7.05 Å². The maximum Gasteiger partial charge on any atom is 0.239 e. The summed E-state index contributed by atoms with van der Waals surface area (Å²) in [6, 6.07) is 0.134. The van der Waals surface area contributed by atoms with Crippen LogP contribution in [0.15, 0.2) is 0 Å². The summed E-state index contributed by atoms with van der Waals surface area (Å²) in [4.78, 5) is 12.9. The van der Waals surface area contributed by atoms with E-state index in [9.17, 15) is 13.2 Å². The van der Waals surface area contributed by atoms with E-state index in [1.165, 1.54) is 11.9 Å². The second-order valence-electron chi connectivity index (χ2n) is 3.28. The van der Waals surface area contributed by atoms with Crippen LogP contribution in [-0.4, -0.2) is 58.2 Å². The van der Waals surface area contributed by atoms with Gasteiger partial charge in [0, 0.05) is 20.1 Å². The van der Waals surface area contributed by atoms with Gasteiger partial charge in [-0.15, -0.1) is 0 Å². The van der Waals surface area contributed by atoms with Crippen molar-refractivity contribution in [2.45, 2.75) is 6.04 Å². The molecular formula is C7H15N3O3S. The zero-order chi connectivity index (χ0) is 10.8. The van der Waals surface area contributed by atoms with Crippen LogP contribution in [-0.2, 0) is 14.8 Å². The lowest BCUT2D eigenvalue weighted by Crippen LogP contribution is -2.58. The van der Waals surface area contributed by atoms with Gasteiger partial charge in [0.05, 0.1) is 6.04 Å². The van der Waals surface area contributed by atoms with E-state index >= 15 is 0 Å². The molecular weight excluding hydrogens is 206 g/mol. The molecule has 1 amide bonds. The van der Waals surface area contributed by atoms with Crippen LogP contribution in [0, 0.1) is 0 Å². The highest BCUT2D eigenvalue weighted by Gasteiger charge is 2.27. The average Bonchev–Trinajstić information content (AvgIpc) is 2.00. The van der Waals surface area contributed by atoms with Crippen LogP contribution in [0.1, 0.15) is 0 Å². The van der Waals surface area contributed by atoms with Crippen LogP contribution in [0.25, 0.3) is 0 Å². The maximum absolute atomic E-state index is 11.4. The van der Waals surface area contributed by atoms with Crippen LogP contribution >= 0.6 is 0 Å². The second-order valence-corrected chi connectivity index (χ2v) is 5.21. The van der Waals surface area contributed by atoms with Crippen LogP contribution < -0.4 is 10.0 Å². The molecule has 82 valence electrons. The van der Waals surface area contributed by atoms with Crippen molar-refractivity contribution in [2.75, 3.05) is 32.9 Å². The van der Waals surface area contributed by atoms with Gasteiger partial charge in [0.2, 0.25) is 15.9 Å². The summed E-state index contributed by atoms with van der Waals surface area (Å²) in [6.45, 7) is 1.48. The smallest absolute Gasteiger partial charge is 0.239 e. The van der Waals surface area contributed by atoms with Gasteiger partial charge < -0.3 is 10.2 Å². The van der Waals surface area contributed by atoms with Crippen molar-refractivity contribution in [1.29, 1.82) is 0 Å². The summed E-state index contributed by atoms with van der Waals surface area (Å²) in [5.41, 5.74) is 0. The number of carbonyl (C=O) groups excluding carboxylic acids is 1. The number of nitrogens with one attached hydrogen (secondary N) is 2. The Morgan fingerprint density at radius 3 is 2.50 bits per heavy atom. The van der Waals surface area contributed by atoms with Gasteiger partial charge in [-0.3, -0.25) is 4.79 Å². The maximum atomic E-state index is 11.4. The fourth-order valence-electron chi connectivity index (χ4n) is 1.09. The molecule has 1 aliphatic rings. The number of sulfonamides is 1. The lowest BCUT2D eigenvalue weighted by Gasteiger charge is -2.35. The first-order valence-corrected chi connectivity index (χ1v) is 5.99. The van der Waals surface area contributed by atoms with E-state index in [4.69, 9.17) is 0 Å². The highest BCUT2D eigenvalue weighted by atomic mass is 32.2. The highest BCUT2D eigenvalue weighted by Crippen LogP contribution is 2.03. The summed E-state index contributed by atoms with van der Waals surface area (Å²) < 4.78 is 24.2. The average molecular weight is 221 g/mol. The van der Waals surface area contributed by atoms with Crippen LogP contribution in [0.5, 0.6) is 0 Å². The molecule has 0 aromatic heterocycles. The first-order chi connectivity index (χ1) is 6.46. The first-order valence-electron chi connectivity index (χ1n) is 4.34. The normalized spacial score (nSPS) is 17.6. The van der Waals surface area contributed by atoms with Crippen molar-refractivity contribution in [1.82, 2.24) is 14.9 Å². The van der Waals surface area contributed by atoms with E-state index < -0.39 is 15.8 Å². The molecule has 0 atom stereocenters. The molecule has 0 bridgehead atoms. The molecule has 1 aliphatic heterocycles. The predicted octanol–water partition coefficient (Wildman–Crippen LogP) is -2.03. The fourth-order valence-corrected chi connectivity index (χ4v) is 1.76. The van der Waals surface area contributed by atoms with Crippen LogP contribution in [0.2, 0.25) is 0 Å². The van der Waals surface area contributed by atoms with Gasteiger partial charge in [-0.05, 0) is 7.05 Å². The van der Waals surface area contributed by atoms with E-state index in [0.717, 1.165) is 13.1 Å². The molecule has 1 rings (SSSR count). The largest absolute Gasteiger partial charge is 0.339 e. The summed E-state index contributed by atoms with van der Waals surface area (Å²) >= 11 is 0. The molecule has 0 unspecified atom stereocenters. The molecule has 1 heterocycles. The summed E-state index contributed by atoms with van der Waals surface area (Å²) in [5, 5.41) is 3.01. The van der Waals surface area contributed by atoms with Gasteiger partial charge in [-0.2, -0.15) is 0 Å². The lowest BCUT2D eigenvalue weighted by molar-refractivity contribution is -0.130. The number of likely N-dealkylation sites (N-methyl/N-ethyl adjacent to an activating group) is 1. The molecule has 2 N–H and O–H groups in total. The Morgan fingerprint density at radius 2 is 2.14 bits per heavy atom. The minimum atomic E-state index is -3.44. The number of nitrogens with zero attached hydrogens (tertiary/aromatic N) is 1. The monoisotopic (exact) mass is 221 g/mol. The van der Waals surface area contributed by atoms with Crippen molar-refractivity contribution in [3.8, 4) is 0 Å². The molecule has 0 radical (unpaired) electrons. The third kappa shape index (κ3) is 2.66. The van der Waals surface area contributed by atoms with E-state index in [0.29, 0.717) is 0 Å². The summed E-state index contributed by atoms with van der Waals surface area (Å²) in [5.74, 6) is -0.845. The van der Waals surface area contributed by atoms with Gasteiger partial charge >= 0.3 is 0 Å². The first kappa shape index (κ1) is 11.4. The predicted molar refractivity (Wildman–Crippen MR) is 52.3 cm³/mol. The molecule has 0 aliphatic carbocycles. The summed E-state index contributed by atoms with van der Waals surface area (Å²) in [6.07, 6.45) is 0. The molecule has 6 nitrogen and oxygen atoms in total. The van der Waals surface area contributed by atoms with E-state index in [-0.39, 0.29) is 11.9 Å². The van der Waals surface area contributed by atoms with Crippen molar-refractivity contribution in [2.24, 2.45) is 0 Å². The molecule has 1 saturated heterocycles. The van der Waals surface area contributed by atoms with Gasteiger partial charge in [0.15, 0.2) is 0 Å². The molecule has 0 aromatic carbocycles. The van der Waals surface area contributed by atoms with Crippen molar-refractivity contribution < 1.29 is 13.2 Å². The van der Waals surface area contributed by atoms with E-state index in [1.807, 2.05) is 0 Å². The van der Waals surface area contributed by atoms with Gasteiger partial charge in [0.25, 0.3) is 0 Å². The third-order valence-electron chi connectivity index (χ3n) is 2.33. The Kier molecular flexibility index (Phi) is 3.46. The lowest BCUT2D eigenvalue weighted by atomic mass is 10.1. The number of hydrogen-bond donors (Lipinski definition) is 2. The highest BCUT2D eigenvalue weighted by molar-refractivity contribution is 7.90. The van der Waals surface area contributed by atoms with Gasteiger partial charge in [-0.25, -0.2) is 13.1 Å². The molecule has 1 fully saturated rings. The topological polar surface area (TPSA) is 78.5 Å². The summed E-state index contributed by atoms with van der Waals surface area (Å²) in [7, 11) is -0.520. The molecule has 0 aromatic rings. The molecule has 7 heteroatoms. The van der Waals surface area contributed by atoms with Crippen molar-refractivity contribution in [3.05, 3.63) is 0 Å². The Bertz CT molecular complexity index is 310. The third-order valence-corrected chi connectivity index (χ3v) is 3.57. The molecule has 0 saturated carbocycles. The Morgan fingerprint density at radius 1 is 1.57 bits per heavy atom. The number of hydrogen-bond acceptors (Lipinski definition) is 4. The Balaban J connectivity index is 2.49. The number of carbonyl (C=O) groups is 1. The minimum Gasteiger partial charge on any atom is -0.339 e. The van der Waals surface area contributed by atoms with Crippen molar-refractivity contribution >= 4 is 15.9 Å². The zero-order valence-corrected chi connectivity index (χ0v) is 9.10.